The normalized spacial score (nSPS) is 19.4. The highest BCUT2D eigenvalue weighted by Crippen LogP contribution is 2.25. The van der Waals surface area contributed by atoms with E-state index in [1.807, 2.05) is 0 Å². The maximum atomic E-state index is 11.9. The molecule has 0 spiro atoms. The lowest BCUT2D eigenvalue weighted by Crippen LogP contribution is -2.42. The third-order valence-electron chi connectivity index (χ3n) is 3.22. The molecule has 1 amide bonds. The Morgan fingerprint density at radius 1 is 1.48 bits per heavy atom. The van der Waals surface area contributed by atoms with Crippen molar-refractivity contribution >= 4 is 38.9 Å². The van der Waals surface area contributed by atoms with Crippen LogP contribution in [0, 0.1) is 5.92 Å². The Bertz CT molecular complexity index is 582. The van der Waals surface area contributed by atoms with Gasteiger partial charge in [-0.1, -0.05) is 11.6 Å². The van der Waals surface area contributed by atoms with E-state index in [2.05, 4.69) is 15.4 Å². The van der Waals surface area contributed by atoms with Gasteiger partial charge in [-0.05, 0) is 44.0 Å². The minimum absolute atomic E-state index is 0.108. The second-order valence-electron chi connectivity index (χ2n) is 4.90. The fourth-order valence-corrected chi connectivity index (χ4v) is 4.60. The van der Waals surface area contributed by atoms with Crippen molar-refractivity contribution in [3.05, 3.63) is 16.5 Å². The molecule has 1 aliphatic rings. The molecular weight excluding hydrogens is 334 g/mol. The van der Waals surface area contributed by atoms with Crippen molar-refractivity contribution in [2.24, 2.45) is 5.92 Å². The Balaban J connectivity index is 1.75. The fraction of sp³-hybridized carbons (Fsp3) is 0.583. The molecule has 0 aliphatic carbocycles. The quantitative estimate of drug-likeness (QED) is 0.707. The van der Waals surface area contributed by atoms with Crippen molar-refractivity contribution in [2.75, 3.05) is 26.2 Å². The van der Waals surface area contributed by atoms with E-state index in [0.29, 0.717) is 16.8 Å². The van der Waals surface area contributed by atoms with E-state index in [4.69, 9.17) is 11.6 Å². The van der Waals surface area contributed by atoms with Crippen molar-refractivity contribution < 1.29 is 13.2 Å². The van der Waals surface area contributed by atoms with Crippen LogP contribution >= 0.6 is 22.9 Å². The summed E-state index contributed by atoms with van der Waals surface area (Å²) in [4.78, 5) is 11.7. The lowest BCUT2D eigenvalue weighted by Gasteiger charge is -2.22. The van der Waals surface area contributed by atoms with E-state index < -0.39 is 10.0 Å². The van der Waals surface area contributed by atoms with E-state index >= 15 is 0 Å². The van der Waals surface area contributed by atoms with E-state index in [0.717, 1.165) is 37.3 Å². The average Bonchev–Trinajstić information content (AvgIpc) is 2.92. The molecule has 118 valence electrons. The van der Waals surface area contributed by atoms with Crippen molar-refractivity contribution in [1.29, 1.82) is 0 Å². The Kier molecular flexibility index (Phi) is 6.00. The first-order valence-electron chi connectivity index (χ1n) is 6.70. The number of hydrogen-bond donors (Lipinski definition) is 3. The Hall–Kier alpha value is -0.670. The van der Waals surface area contributed by atoms with Crippen LogP contribution in [-0.4, -0.2) is 40.5 Å². The van der Waals surface area contributed by atoms with E-state index in [1.54, 1.807) is 0 Å². The molecule has 1 atom stereocenters. The zero-order valence-corrected chi connectivity index (χ0v) is 13.8. The van der Waals surface area contributed by atoms with Gasteiger partial charge in [-0.25, -0.2) is 13.1 Å². The van der Waals surface area contributed by atoms with Crippen LogP contribution in [0.25, 0.3) is 0 Å². The first-order valence-corrected chi connectivity index (χ1v) is 9.37. The number of carbonyl (C=O) groups is 1. The Morgan fingerprint density at radius 3 is 2.90 bits per heavy atom. The number of sulfonamides is 1. The zero-order valence-electron chi connectivity index (χ0n) is 11.4. The van der Waals surface area contributed by atoms with Gasteiger partial charge in [0, 0.05) is 6.54 Å². The van der Waals surface area contributed by atoms with Gasteiger partial charge in [-0.2, -0.15) is 0 Å². The number of rotatable bonds is 6. The smallest absolute Gasteiger partial charge is 0.250 e. The second kappa shape index (κ2) is 7.55. The molecule has 9 heteroatoms. The molecule has 1 aliphatic heterocycles. The van der Waals surface area contributed by atoms with E-state index in [9.17, 15) is 13.2 Å². The highest BCUT2D eigenvalue weighted by Gasteiger charge is 2.18. The number of piperidine rings is 1. The van der Waals surface area contributed by atoms with Gasteiger partial charge in [0.25, 0.3) is 10.0 Å². The molecule has 1 unspecified atom stereocenters. The average molecular weight is 352 g/mol. The largest absolute Gasteiger partial charge is 0.355 e. The molecule has 21 heavy (non-hydrogen) atoms. The van der Waals surface area contributed by atoms with Crippen LogP contribution in [0.15, 0.2) is 16.3 Å². The lowest BCUT2D eigenvalue weighted by molar-refractivity contribution is -0.120. The molecule has 3 N–H and O–H groups in total. The van der Waals surface area contributed by atoms with Gasteiger partial charge in [0.05, 0.1) is 10.9 Å². The number of halogens is 1. The summed E-state index contributed by atoms with van der Waals surface area (Å²) >= 11 is 6.66. The van der Waals surface area contributed by atoms with Crippen LogP contribution in [0.4, 0.5) is 0 Å². The van der Waals surface area contributed by atoms with E-state index in [-0.39, 0.29) is 16.7 Å². The van der Waals surface area contributed by atoms with Crippen molar-refractivity contribution in [3.63, 3.8) is 0 Å². The highest BCUT2D eigenvalue weighted by molar-refractivity contribution is 7.91. The summed E-state index contributed by atoms with van der Waals surface area (Å²) in [5.74, 6) is 0.0854. The molecule has 1 aromatic rings. The molecule has 1 saturated heterocycles. The van der Waals surface area contributed by atoms with Crippen LogP contribution < -0.4 is 15.4 Å². The molecule has 0 aromatic carbocycles. The predicted octanol–water partition coefficient (Wildman–Crippen LogP) is 0.796. The predicted molar refractivity (Wildman–Crippen MR) is 83.1 cm³/mol. The molecule has 0 saturated carbocycles. The van der Waals surface area contributed by atoms with Gasteiger partial charge >= 0.3 is 0 Å². The highest BCUT2D eigenvalue weighted by atomic mass is 35.5. The minimum Gasteiger partial charge on any atom is -0.355 e. The monoisotopic (exact) mass is 351 g/mol. The molecule has 0 radical (unpaired) electrons. The minimum atomic E-state index is -3.67. The number of nitrogens with one attached hydrogen (secondary N) is 3. The molecule has 2 heterocycles. The van der Waals surface area contributed by atoms with Crippen LogP contribution in [0.3, 0.4) is 0 Å². The summed E-state index contributed by atoms with van der Waals surface area (Å²) in [6, 6.07) is 2.93. The van der Waals surface area contributed by atoms with Gasteiger partial charge in [0.1, 0.15) is 4.21 Å². The topological polar surface area (TPSA) is 87.3 Å². The number of hydrogen-bond acceptors (Lipinski definition) is 5. The summed E-state index contributed by atoms with van der Waals surface area (Å²) in [6.07, 6.45) is 2.18. The second-order valence-corrected chi connectivity index (χ2v) is 8.61. The summed E-state index contributed by atoms with van der Waals surface area (Å²) in [6.45, 7) is 2.21. The molecule has 1 fully saturated rings. The van der Waals surface area contributed by atoms with Crippen LogP contribution in [-0.2, 0) is 14.8 Å². The maximum Gasteiger partial charge on any atom is 0.250 e. The summed E-state index contributed by atoms with van der Waals surface area (Å²) in [5.41, 5.74) is 0. The van der Waals surface area contributed by atoms with Gasteiger partial charge in [-0.15, -0.1) is 11.3 Å². The fourth-order valence-electron chi connectivity index (χ4n) is 2.09. The zero-order chi connectivity index (χ0) is 15.3. The SMILES string of the molecule is O=C(CNS(=O)(=O)c1ccc(Cl)s1)NCC1CCCNC1. The third kappa shape index (κ3) is 5.23. The molecule has 1 aromatic heterocycles. The van der Waals surface area contributed by atoms with Crippen LogP contribution in [0.5, 0.6) is 0 Å². The van der Waals surface area contributed by atoms with Gasteiger partial charge in [0.2, 0.25) is 5.91 Å². The van der Waals surface area contributed by atoms with E-state index in [1.165, 1.54) is 12.1 Å². The summed E-state index contributed by atoms with van der Waals surface area (Å²) in [7, 11) is -3.67. The summed E-state index contributed by atoms with van der Waals surface area (Å²) in [5, 5.41) is 6.02. The van der Waals surface area contributed by atoms with Crippen molar-refractivity contribution in [2.45, 2.75) is 17.1 Å². The van der Waals surface area contributed by atoms with Gasteiger partial charge < -0.3 is 10.6 Å². The summed E-state index contributed by atoms with van der Waals surface area (Å²) < 4.78 is 26.6. The number of carbonyl (C=O) groups excluding carboxylic acids is 1. The Labute approximate surface area is 133 Å². The Morgan fingerprint density at radius 2 is 2.29 bits per heavy atom. The molecule has 2 rings (SSSR count). The molecule has 0 bridgehead atoms. The third-order valence-corrected chi connectivity index (χ3v) is 6.35. The number of thiophene rings is 1. The molecule has 6 nitrogen and oxygen atoms in total. The molecular formula is C12H18ClN3O3S2. The first kappa shape index (κ1) is 16.7. The van der Waals surface area contributed by atoms with Gasteiger partial charge in [0.15, 0.2) is 0 Å². The standard InChI is InChI=1S/C12H18ClN3O3S2/c13-10-3-4-12(20-10)21(18,19)16-8-11(17)15-7-9-2-1-5-14-6-9/h3-4,9,14,16H,1-2,5-8H2,(H,15,17). The van der Waals surface area contributed by atoms with Gasteiger partial charge in [-0.3, -0.25) is 4.79 Å². The maximum absolute atomic E-state index is 11.9. The van der Waals surface area contributed by atoms with Crippen LogP contribution in [0.2, 0.25) is 4.34 Å². The lowest BCUT2D eigenvalue weighted by atomic mass is 10.00. The first-order chi connectivity index (χ1) is 9.97. The van der Waals surface area contributed by atoms with Crippen molar-refractivity contribution in [1.82, 2.24) is 15.4 Å². The van der Waals surface area contributed by atoms with Crippen molar-refractivity contribution in [3.8, 4) is 0 Å². The number of amides is 1. The van der Waals surface area contributed by atoms with Crippen LogP contribution in [0.1, 0.15) is 12.8 Å².